The van der Waals surface area contributed by atoms with E-state index in [-0.39, 0.29) is 5.56 Å². The largest absolute Gasteiger partial charge is 0.478 e. The summed E-state index contributed by atoms with van der Waals surface area (Å²) >= 11 is 0. The third-order valence-corrected chi connectivity index (χ3v) is 2.59. The molecule has 1 aromatic rings. The van der Waals surface area contributed by atoms with Crippen molar-refractivity contribution in [1.29, 1.82) is 0 Å². The molecule has 0 atom stereocenters. The fraction of sp³-hybridized carbons (Fsp3) is 0.500. The molecule has 2 rings (SSSR count). The molecular weight excluding hydrogens is 194 g/mol. The lowest BCUT2D eigenvalue weighted by atomic mass is 10.2. The van der Waals surface area contributed by atoms with Gasteiger partial charge < -0.3 is 10.0 Å². The highest BCUT2D eigenvalue weighted by atomic mass is 16.4. The van der Waals surface area contributed by atoms with Gasteiger partial charge in [0.25, 0.3) is 0 Å². The molecule has 5 heteroatoms. The average molecular weight is 207 g/mol. The Morgan fingerprint density at radius 2 is 2.13 bits per heavy atom. The van der Waals surface area contributed by atoms with Gasteiger partial charge in [0.05, 0.1) is 11.3 Å². The molecule has 5 nitrogen and oxygen atoms in total. The molecule has 1 aromatic heterocycles. The van der Waals surface area contributed by atoms with Crippen molar-refractivity contribution in [3.63, 3.8) is 0 Å². The summed E-state index contributed by atoms with van der Waals surface area (Å²) < 4.78 is 0. The molecule has 1 aliphatic rings. The Hall–Kier alpha value is -1.65. The first-order valence-corrected chi connectivity index (χ1v) is 5.00. The number of aromatic nitrogens is 2. The molecule has 1 N–H and O–H groups in total. The van der Waals surface area contributed by atoms with Crippen LogP contribution < -0.4 is 4.90 Å². The highest BCUT2D eigenvalue weighted by molar-refractivity contribution is 5.88. The van der Waals surface area contributed by atoms with E-state index in [0.717, 1.165) is 25.9 Å². The number of nitrogens with zero attached hydrogens (tertiary/aromatic N) is 3. The maximum atomic E-state index is 10.8. The Morgan fingerprint density at radius 1 is 1.47 bits per heavy atom. The fourth-order valence-corrected chi connectivity index (χ4v) is 1.73. The van der Waals surface area contributed by atoms with Gasteiger partial charge in [-0.15, -0.1) is 0 Å². The van der Waals surface area contributed by atoms with Crippen molar-refractivity contribution in [3.8, 4) is 0 Å². The summed E-state index contributed by atoms with van der Waals surface area (Å²) in [6, 6.07) is 0. The van der Waals surface area contributed by atoms with Crippen LogP contribution in [0.2, 0.25) is 0 Å². The maximum Gasteiger partial charge on any atom is 0.339 e. The van der Waals surface area contributed by atoms with Crippen LogP contribution in [0.1, 0.15) is 28.9 Å². The summed E-state index contributed by atoms with van der Waals surface area (Å²) in [6.07, 6.45) is 3.70. The standard InChI is InChI=1S/C10H13N3O2/c1-7-8(9(14)15)6-11-10(12-7)13-4-2-3-5-13/h6H,2-5H2,1H3,(H,14,15). The van der Waals surface area contributed by atoms with E-state index in [2.05, 4.69) is 14.9 Å². The summed E-state index contributed by atoms with van der Waals surface area (Å²) in [5.74, 6) is -0.324. The molecule has 2 heterocycles. The first-order valence-electron chi connectivity index (χ1n) is 5.00. The van der Waals surface area contributed by atoms with Crippen LogP contribution in [0, 0.1) is 6.92 Å². The van der Waals surface area contributed by atoms with E-state index in [1.54, 1.807) is 6.92 Å². The molecular formula is C10H13N3O2. The minimum Gasteiger partial charge on any atom is -0.478 e. The first kappa shape index (κ1) is 9.89. The van der Waals surface area contributed by atoms with Gasteiger partial charge >= 0.3 is 5.97 Å². The zero-order valence-corrected chi connectivity index (χ0v) is 8.60. The summed E-state index contributed by atoms with van der Waals surface area (Å²) in [6.45, 7) is 3.63. The molecule has 1 saturated heterocycles. The smallest absolute Gasteiger partial charge is 0.339 e. The Morgan fingerprint density at radius 3 is 2.67 bits per heavy atom. The predicted molar refractivity (Wildman–Crippen MR) is 55.2 cm³/mol. The molecule has 0 spiro atoms. The number of carboxylic acid groups (broad SMARTS) is 1. The molecule has 1 fully saturated rings. The van der Waals surface area contributed by atoms with Crippen LogP contribution in [0.3, 0.4) is 0 Å². The summed E-state index contributed by atoms with van der Waals surface area (Å²) in [4.78, 5) is 21.1. The van der Waals surface area contributed by atoms with Gasteiger partial charge in [-0.2, -0.15) is 0 Å². The summed E-state index contributed by atoms with van der Waals surface area (Å²) in [5.41, 5.74) is 0.706. The number of anilines is 1. The van der Waals surface area contributed by atoms with Crippen molar-refractivity contribution in [2.75, 3.05) is 18.0 Å². The molecule has 0 aliphatic carbocycles. The van der Waals surface area contributed by atoms with Gasteiger partial charge in [-0.3, -0.25) is 0 Å². The van der Waals surface area contributed by atoms with Gasteiger partial charge in [0.15, 0.2) is 0 Å². The number of hydrogen-bond donors (Lipinski definition) is 1. The molecule has 0 aromatic carbocycles. The van der Waals surface area contributed by atoms with E-state index in [4.69, 9.17) is 5.11 Å². The molecule has 15 heavy (non-hydrogen) atoms. The number of aromatic carboxylic acids is 1. The lowest BCUT2D eigenvalue weighted by molar-refractivity contribution is 0.0695. The van der Waals surface area contributed by atoms with Gasteiger partial charge in [-0.25, -0.2) is 14.8 Å². The van der Waals surface area contributed by atoms with Crippen LogP contribution >= 0.6 is 0 Å². The molecule has 0 amide bonds. The second-order valence-corrected chi connectivity index (χ2v) is 3.67. The highest BCUT2D eigenvalue weighted by Crippen LogP contribution is 2.16. The number of hydrogen-bond acceptors (Lipinski definition) is 4. The van der Waals surface area contributed by atoms with Crippen molar-refractivity contribution < 1.29 is 9.90 Å². The molecule has 80 valence electrons. The monoisotopic (exact) mass is 207 g/mol. The van der Waals surface area contributed by atoms with Gasteiger partial charge in [-0.05, 0) is 19.8 Å². The fourth-order valence-electron chi connectivity index (χ4n) is 1.73. The third kappa shape index (κ3) is 1.91. The molecule has 0 saturated carbocycles. The third-order valence-electron chi connectivity index (χ3n) is 2.59. The normalized spacial score (nSPS) is 15.7. The Bertz CT molecular complexity index is 386. The van der Waals surface area contributed by atoms with Crippen LogP contribution in [0.15, 0.2) is 6.20 Å². The van der Waals surface area contributed by atoms with Gasteiger partial charge in [0.2, 0.25) is 5.95 Å². The molecule has 0 unspecified atom stereocenters. The zero-order chi connectivity index (χ0) is 10.8. The summed E-state index contributed by atoms with van der Waals surface area (Å²) in [5, 5.41) is 8.83. The number of carboxylic acids is 1. The number of aryl methyl sites for hydroxylation is 1. The van der Waals surface area contributed by atoms with E-state index in [9.17, 15) is 4.79 Å². The lowest BCUT2D eigenvalue weighted by Gasteiger charge is -2.15. The highest BCUT2D eigenvalue weighted by Gasteiger charge is 2.17. The second kappa shape index (κ2) is 3.84. The molecule has 0 radical (unpaired) electrons. The van der Waals surface area contributed by atoms with E-state index in [1.165, 1.54) is 6.20 Å². The van der Waals surface area contributed by atoms with Gasteiger partial charge in [0, 0.05) is 19.3 Å². The molecule has 0 bridgehead atoms. The topological polar surface area (TPSA) is 66.3 Å². The Kier molecular flexibility index (Phi) is 2.53. The molecule has 1 aliphatic heterocycles. The van der Waals surface area contributed by atoms with E-state index >= 15 is 0 Å². The lowest BCUT2D eigenvalue weighted by Crippen LogP contribution is -2.21. The van der Waals surface area contributed by atoms with E-state index in [1.807, 2.05) is 0 Å². The van der Waals surface area contributed by atoms with Crippen LogP contribution in [0.4, 0.5) is 5.95 Å². The van der Waals surface area contributed by atoms with Crippen LogP contribution in [0.5, 0.6) is 0 Å². The van der Waals surface area contributed by atoms with Crippen LogP contribution in [0.25, 0.3) is 0 Å². The van der Waals surface area contributed by atoms with E-state index < -0.39 is 5.97 Å². The zero-order valence-electron chi connectivity index (χ0n) is 8.60. The average Bonchev–Trinajstić information content (AvgIpc) is 2.69. The first-order chi connectivity index (χ1) is 7.18. The Balaban J connectivity index is 2.28. The van der Waals surface area contributed by atoms with E-state index in [0.29, 0.717) is 11.6 Å². The Labute approximate surface area is 87.8 Å². The minimum absolute atomic E-state index is 0.179. The quantitative estimate of drug-likeness (QED) is 0.786. The van der Waals surface area contributed by atoms with Crippen molar-refractivity contribution in [3.05, 3.63) is 17.5 Å². The van der Waals surface area contributed by atoms with Crippen molar-refractivity contribution in [2.45, 2.75) is 19.8 Å². The van der Waals surface area contributed by atoms with Crippen molar-refractivity contribution in [2.24, 2.45) is 0 Å². The van der Waals surface area contributed by atoms with Crippen LogP contribution in [-0.4, -0.2) is 34.1 Å². The number of rotatable bonds is 2. The van der Waals surface area contributed by atoms with Crippen molar-refractivity contribution >= 4 is 11.9 Å². The maximum absolute atomic E-state index is 10.8. The minimum atomic E-state index is -0.972. The number of carbonyl (C=O) groups is 1. The van der Waals surface area contributed by atoms with Crippen molar-refractivity contribution in [1.82, 2.24) is 9.97 Å². The van der Waals surface area contributed by atoms with Gasteiger partial charge in [-0.1, -0.05) is 0 Å². The predicted octanol–water partition coefficient (Wildman–Crippen LogP) is 1.08. The van der Waals surface area contributed by atoms with Crippen LogP contribution in [-0.2, 0) is 0 Å². The summed E-state index contributed by atoms with van der Waals surface area (Å²) in [7, 11) is 0. The van der Waals surface area contributed by atoms with Gasteiger partial charge in [0.1, 0.15) is 0 Å². The second-order valence-electron chi connectivity index (χ2n) is 3.67. The SMILES string of the molecule is Cc1nc(N2CCCC2)ncc1C(=O)O.